The molecule has 1 atom stereocenters. The van der Waals surface area contributed by atoms with Crippen LogP contribution in [0.2, 0.25) is 0 Å². The van der Waals surface area contributed by atoms with E-state index in [0.717, 1.165) is 28.9 Å². The Kier molecular flexibility index (Phi) is 2.39. The molecule has 0 aromatic carbocycles. The Morgan fingerprint density at radius 3 is 3.14 bits per heavy atom. The van der Waals surface area contributed by atoms with Crippen LogP contribution in [-0.2, 0) is 0 Å². The highest BCUT2D eigenvalue weighted by Crippen LogP contribution is 2.31. The third-order valence-corrected chi connectivity index (χ3v) is 3.16. The molecular formula is C10H14BrN3. The molecule has 0 radical (unpaired) electrons. The molecule has 1 unspecified atom stereocenters. The van der Waals surface area contributed by atoms with E-state index < -0.39 is 0 Å². The van der Waals surface area contributed by atoms with Gasteiger partial charge in [0.25, 0.3) is 0 Å². The van der Waals surface area contributed by atoms with Crippen molar-refractivity contribution in [2.24, 2.45) is 0 Å². The molecule has 2 rings (SSSR count). The zero-order chi connectivity index (χ0) is 10.2. The topological polar surface area (TPSA) is 37.0 Å². The minimum Gasteiger partial charge on any atom is -0.380 e. The third kappa shape index (κ3) is 1.71. The van der Waals surface area contributed by atoms with Crippen molar-refractivity contribution < 1.29 is 0 Å². The second-order valence-electron chi connectivity index (χ2n) is 3.94. The van der Waals surface area contributed by atoms with Crippen LogP contribution in [0.15, 0.2) is 16.7 Å². The number of halogens is 1. The van der Waals surface area contributed by atoms with E-state index in [9.17, 15) is 0 Å². The van der Waals surface area contributed by atoms with Crippen LogP contribution >= 0.6 is 15.9 Å². The second kappa shape index (κ2) is 3.42. The Morgan fingerprint density at radius 2 is 2.43 bits per heavy atom. The van der Waals surface area contributed by atoms with Gasteiger partial charge in [0.15, 0.2) is 0 Å². The van der Waals surface area contributed by atoms with E-state index in [4.69, 9.17) is 0 Å². The summed E-state index contributed by atoms with van der Waals surface area (Å²) >= 11 is 3.41. The standard InChI is InChI=1S/C10H14BrN3/c1-3-10(2)6-13-8-4-7(11)5-12-9(8)14-10/h4-5,13H,3,6H2,1-2H3,(H,12,14). The lowest BCUT2D eigenvalue weighted by atomic mass is 9.97. The summed E-state index contributed by atoms with van der Waals surface area (Å²) in [5.41, 5.74) is 1.19. The zero-order valence-electron chi connectivity index (χ0n) is 8.39. The largest absolute Gasteiger partial charge is 0.380 e. The van der Waals surface area contributed by atoms with Crippen LogP contribution in [0, 0.1) is 0 Å². The van der Waals surface area contributed by atoms with Crippen molar-refractivity contribution in [3.63, 3.8) is 0 Å². The summed E-state index contributed by atoms with van der Waals surface area (Å²) < 4.78 is 1.01. The number of hydrogen-bond donors (Lipinski definition) is 2. The summed E-state index contributed by atoms with van der Waals surface area (Å²) in [4.78, 5) is 4.34. The van der Waals surface area contributed by atoms with Crippen LogP contribution < -0.4 is 10.6 Å². The van der Waals surface area contributed by atoms with Crippen molar-refractivity contribution in [3.8, 4) is 0 Å². The van der Waals surface area contributed by atoms with Crippen LogP contribution in [0.5, 0.6) is 0 Å². The Morgan fingerprint density at radius 1 is 1.64 bits per heavy atom. The molecule has 3 nitrogen and oxygen atoms in total. The summed E-state index contributed by atoms with van der Waals surface area (Å²) in [7, 11) is 0. The van der Waals surface area contributed by atoms with E-state index in [1.807, 2.05) is 12.3 Å². The van der Waals surface area contributed by atoms with Gasteiger partial charge in [-0.15, -0.1) is 0 Å². The summed E-state index contributed by atoms with van der Waals surface area (Å²) in [5.74, 6) is 0.948. The molecule has 0 aliphatic carbocycles. The molecule has 0 saturated heterocycles. The maximum Gasteiger partial charge on any atom is 0.149 e. The Labute approximate surface area is 92.4 Å². The van der Waals surface area contributed by atoms with Gasteiger partial charge in [0, 0.05) is 17.2 Å². The first kappa shape index (κ1) is 9.77. The average molecular weight is 256 g/mol. The number of anilines is 2. The summed E-state index contributed by atoms with van der Waals surface area (Å²) in [6.07, 6.45) is 2.89. The Balaban J connectivity index is 2.31. The van der Waals surface area contributed by atoms with E-state index in [0.29, 0.717) is 0 Å². The van der Waals surface area contributed by atoms with Crippen LogP contribution in [0.1, 0.15) is 20.3 Å². The lowest BCUT2D eigenvalue weighted by Gasteiger charge is -2.36. The molecule has 0 fully saturated rings. The van der Waals surface area contributed by atoms with Gasteiger partial charge in [-0.2, -0.15) is 0 Å². The molecule has 1 aromatic rings. The number of pyridine rings is 1. The molecule has 0 bridgehead atoms. The third-order valence-electron chi connectivity index (χ3n) is 2.72. The zero-order valence-corrected chi connectivity index (χ0v) is 9.98. The van der Waals surface area contributed by atoms with E-state index >= 15 is 0 Å². The fraction of sp³-hybridized carbons (Fsp3) is 0.500. The molecule has 1 aliphatic heterocycles. The molecule has 1 aromatic heterocycles. The van der Waals surface area contributed by atoms with Crippen molar-refractivity contribution in [2.45, 2.75) is 25.8 Å². The lowest BCUT2D eigenvalue weighted by Crippen LogP contribution is -2.44. The first-order chi connectivity index (χ1) is 6.63. The van der Waals surface area contributed by atoms with Gasteiger partial charge in [-0.3, -0.25) is 0 Å². The summed E-state index contributed by atoms with van der Waals surface area (Å²) in [5, 5.41) is 6.85. The van der Waals surface area contributed by atoms with Crippen molar-refractivity contribution >= 4 is 27.4 Å². The van der Waals surface area contributed by atoms with E-state index in [1.54, 1.807) is 0 Å². The van der Waals surface area contributed by atoms with Gasteiger partial charge in [0.1, 0.15) is 5.82 Å². The number of hydrogen-bond acceptors (Lipinski definition) is 3. The maximum absolute atomic E-state index is 4.34. The molecule has 2 heterocycles. The normalized spacial score (nSPS) is 24.8. The molecule has 1 aliphatic rings. The number of fused-ring (bicyclic) bond motifs is 1. The van der Waals surface area contributed by atoms with E-state index in [2.05, 4.69) is 45.4 Å². The smallest absolute Gasteiger partial charge is 0.149 e. The van der Waals surface area contributed by atoms with E-state index in [-0.39, 0.29) is 5.54 Å². The predicted octanol–water partition coefficient (Wildman–Crippen LogP) is 2.85. The maximum atomic E-state index is 4.34. The number of nitrogens with one attached hydrogen (secondary N) is 2. The van der Waals surface area contributed by atoms with Crippen LogP contribution in [0.4, 0.5) is 11.5 Å². The van der Waals surface area contributed by atoms with Gasteiger partial charge in [-0.05, 0) is 35.3 Å². The molecule has 0 spiro atoms. The van der Waals surface area contributed by atoms with Gasteiger partial charge in [-0.25, -0.2) is 4.98 Å². The quantitative estimate of drug-likeness (QED) is 0.811. The predicted molar refractivity (Wildman–Crippen MR) is 62.7 cm³/mol. The van der Waals surface area contributed by atoms with Gasteiger partial charge in [-0.1, -0.05) is 6.92 Å². The molecular weight excluding hydrogens is 242 g/mol. The summed E-state index contributed by atoms with van der Waals surface area (Å²) in [6, 6.07) is 2.05. The number of rotatable bonds is 1. The van der Waals surface area contributed by atoms with Crippen LogP contribution in [-0.4, -0.2) is 17.1 Å². The van der Waals surface area contributed by atoms with E-state index in [1.165, 1.54) is 0 Å². The van der Waals surface area contributed by atoms with Crippen LogP contribution in [0.3, 0.4) is 0 Å². The number of aromatic nitrogens is 1. The highest BCUT2D eigenvalue weighted by atomic mass is 79.9. The second-order valence-corrected chi connectivity index (χ2v) is 4.86. The fourth-order valence-electron chi connectivity index (χ4n) is 1.51. The molecule has 0 amide bonds. The highest BCUT2D eigenvalue weighted by molar-refractivity contribution is 9.10. The van der Waals surface area contributed by atoms with Crippen molar-refractivity contribution in [3.05, 3.63) is 16.7 Å². The van der Waals surface area contributed by atoms with Crippen molar-refractivity contribution in [1.82, 2.24) is 4.98 Å². The van der Waals surface area contributed by atoms with Gasteiger partial charge >= 0.3 is 0 Å². The summed E-state index contributed by atoms with van der Waals surface area (Å²) in [6.45, 7) is 5.32. The van der Waals surface area contributed by atoms with Gasteiger partial charge < -0.3 is 10.6 Å². The minimum absolute atomic E-state index is 0.119. The SMILES string of the molecule is CCC1(C)CNc2cc(Br)cnc2N1. The first-order valence-electron chi connectivity index (χ1n) is 4.80. The average Bonchev–Trinajstić information content (AvgIpc) is 2.19. The van der Waals surface area contributed by atoms with Crippen molar-refractivity contribution in [1.29, 1.82) is 0 Å². The van der Waals surface area contributed by atoms with Gasteiger partial charge in [0.2, 0.25) is 0 Å². The highest BCUT2D eigenvalue weighted by Gasteiger charge is 2.27. The Hall–Kier alpha value is -0.770. The van der Waals surface area contributed by atoms with Crippen LogP contribution in [0.25, 0.3) is 0 Å². The lowest BCUT2D eigenvalue weighted by molar-refractivity contribution is 0.511. The molecule has 0 saturated carbocycles. The van der Waals surface area contributed by atoms with Gasteiger partial charge in [0.05, 0.1) is 11.2 Å². The molecule has 76 valence electrons. The number of nitrogens with zero attached hydrogens (tertiary/aromatic N) is 1. The first-order valence-corrected chi connectivity index (χ1v) is 5.60. The molecule has 2 N–H and O–H groups in total. The molecule has 4 heteroatoms. The Bertz CT molecular complexity index is 353. The van der Waals surface area contributed by atoms with Crippen molar-refractivity contribution in [2.75, 3.05) is 17.2 Å². The fourth-order valence-corrected chi connectivity index (χ4v) is 1.84. The minimum atomic E-state index is 0.119. The monoisotopic (exact) mass is 255 g/mol. The molecule has 14 heavy (non-hydrogen) atoms.